The van der Waals surface area contributed by atoms with Crippen molar-refractivity contribution in [1.82, 2.24) is 4.98 Å². The molecule has 0 unspecified atom stereocenters. The van der Waals surface area contributed by atoms with Gasteiger partial charge in [0, 0.05) is 10.3 Å². The summed E-state index contributed by atoms with van der Waals surface area (Å²) in [7, 11) is 0. The Morgan fingerprint density at radius 2 is 1.82 bits per heavy atom. The number of hydrogen-bond acceptors (Lipinski definition) is 3. The highest BCUT2D eigenvalue weighted by molar-refractivity contribution is 9.10. The lowest BCUT2D eigenvalue weighted by Crippen LogP contribution is -2.10. The van der Waals surface area contributed by atoms with E-state index in [1.807, 2.05) is 5.38 Å². The molecule has 0 saturated heterocycles. The lowest BCUT2D eigenvalue weighted by molar-refractivity contribution is 0.590. The van der Waals surface area contributed by atoms with Gasteiger partial charge in [0.1, 0.15) is 4.60 Å². The van der Waals surface area contributed by atoms with Crippen LogP contribution in [0.25, 0.3) is 0 Å². The molecule has 2 rings (SSSR count). The van der Waals surface area contributed by atoms with Crippen molar-refractivity contribution in [3.8, 4) is 0 Å². The van der Waals surface area contributed by atoms with E-state index in [-0.39, 0.29) is 5.41 Å². The van der Waals surface area contributed by atoms with Crippen molar-refractivity contribution in [2.45, 2.75) is 35.4 Å². The van der Waals surface area contributed by atoms with Crippen LogP contribution >= 0.6 is 39.0 Å². The van der Waals surface area contributed by atoms with Crippen molar-refractivity contribution in [1.29, 1.82) is 0 Å². The van der Waals surface area contributed by atoms with Crippen molar-refractivity contribution in [3.05, 3.63) is 39.8 Å². The Morgan fingerprint density at radius 3 is 2.29 bits per heavy atom. The smallest absolute Gasteiger partial charge is 0.155 e. The van der Waals surface area contributed by atoms with Crippen LogP contribution in [0.15, 0.2) is 43.5 Å². The first-order chi connectivity index (χ1) is 7.95. The standard InChI is InChI=1S/C13H14BrNS2/c1-13(2,3)9-4-6-10(7-5-9)17-12-15-11(14)8-16-12/h4-8H,1-3H3. The molecule has 0 amide bonds. The molecule has 1 aromatic carbocycles. The van der Waals surface area contributed by atoms with E-state index in [9.17, 15) is 0 Å². The van der Waals surface area contributed by atoms with Gasteiger partial charge in [-0.3, -0.25) is 0 Å². The number of rotatable bonds is 2. The summed E-state index contributed by atoms with van der Waals surface area (Å²) in [6, 6.07) is 8.73. The van der Waals surface area contributed by atoms with E-state index < -0.39 is 0 Å². The van der Waals surface area contributed by atoms with Gasteiger partial charge < -0.3 is 0 Å². The Balaban J connectivity index is 2.13. The molecule has 0 atom stereocenters. The molecule has 2 aromatic rings. The van der Waals surface area contributed by atoms with Crippen LogP contribution in [0, 0.1) is 0 Å². The second kappa shape index (κ2) is 5.12. The predicted molar refractivity (Wildman–Crippen MR) is 79.1 cm³/mol. The number of hydrogen-bond donors (Lipinski definition) is 0. The van der Waals surface area contributed by atoms with Crippen LogP contribution in [0.2, 0.25) is 0 Å². The van der Waals surface area contributed by atoms with Crippen LogP contribution in [0.1, 0.15) is 26.3 Å². The fourth-order valence-corrected chi connectivity index (χ4v) is 3.75. The number of nitrogens with zero attached hydrogens (tertiary/aromatic N) is 1. The molecule has 90 valence electrons. The third kappa shape index (κ3) is 3.57. The molecule has 4 heteroatoms. The zero-order valence-electron chi connectivity index (χ0n) is 10.0. The van der Waals surface area contributed by atoms with E-state index in [0.29, 0.717) is 0 Å². The van der Waals surface area contributed by atoms with Crippen molar-refractivity contribution < 1.29 is 0 Å². The first-order valence-corrected chi connectivity index (χ1v) is 7.83. The Kier molecular flexibility index (Phi) is 3.95. The van der Waals surface area contributed by atoms with E-state index in [2.05, 4.69) is 66.0 Å². The number of aromatic nitrogens is 1. The van der Waals surface area contributed by atoms with Crippen molar-refractivity contribution in [3.63, 3.8) is 0 Å². The van der Waals surface area contributed by atoms with E-state index in [1.165, 1.54) is 10.5 Å². The second-order valence-electron chi connectivity index (χ2n) is 4.81. The predicted octanol–water partition coefficient (Wildman–Crippen LogP) is 5.35. The maximum Gasteiger partial charge on any atom is 0.155 e. The summed E-state index contributed by atoms with van der Waals surface area (Å²) in [5.74, 6) is 0. The van der Waals surface area contributed by atoms with E-state index in [1.54, 1.807) is 23.1 Å². The van der Waals surface area contributed by atoms with E-state index in [4.69, 9.17) is 0 Å². The third-order valence-corrected chi connectivity index (χ3v) is 5.04. The largest absolute Gasteiger partial charge is 0.222 e. The van der Waals surface area contributed by atoms with Gasteiger partial charge in [-0.05, 0) is 39.0 Å². The molecule has 0 fully saturated rings. The molecule has 1 nitrogen and oxygen atoms in total. The first kappa shape index (κ1) is 13.1. The molecule has 0 radical (unpaired) electrons. The lowest BCUT2D eigenvalue weighted by atomic mass is 9.87. The van der Waals surface area contributed by atoms with Crippen molar-refractivity contribution in [2.24, 2.45) is 0 Å². The zero-order chi connectivity index (χ0) is 12.5. The summed E-state index contributed by atoms with van der Waals surface area (Å²) in [5, 5.41) is 2.01. The maximum atomic E-state index is 4.38. The summed E-state index contributed by atoms with van der Waals surface area (Å²) in [4.78, 5) is 5.61. The van der Waals surface area contributed by atoms with Gasteiger partial charge in [-0.15, -0.1) is 11.3 Å². The highest BCUT2D eigenvalue weighted by Gasteiger charge is 2.13. The average Bonchev–Trinajstić information content (AvgIpc) is 2.63. The van der Waals surface area contributed by atoms with Gasteiger partial charge in [0.05, 0.1) is 0 Å². The molecule has 0 bridgehead atoms. The van der Waals surface area contributed by atoms with Crippen molar-refractivity contribution in [2.75, 3.05) is 0 Å². The number of halogens is 1. The van der Waals surface area contributed by atoms with Gasteiger partial charge >= 0.3 is 0 Å². The molecule has 0 aliphatic rings. The highest BCUT2D eigenvalue weighted by atomic mass is 79.9. The van der Waals surface area contributed by atoms with Gasteiger partial charge in [-0.25, -0.2) is 4.98 Å². The molecule has 0 spiro atoms. The Hall–Kier alpha value is -0.320. The molecular weight excluding hydrogens is 314 g/mol. The zero-order valence-corrected chi connectivity index (χ0v) is 13.2. The van der Waals surface area contributed by atoms with Crippen LogP contribution < -0.4 is 0 Å². The van der Waals surface area contributed by atoms with Crippen LogP contribution in [0.4, 0.5) is 0 Å². The highest BCUT2D eigenvalue weighted by Crippen LogP contribution is 2.33. The minimum absolute atomic E-state index is 0.216. The summed E-state index contributed by atoms with van der Waals surface area (Å²) < 4.78 is 1.98. The molecule has 1 heterocycles. The van der Waals surface area contributed by atoms with Gasteiger partial charge in [0.2, 0.25) is 0 Å². The van der Waals surface area contributed by atoms with Crippen LogP contribution in [0.3, 0.4) is 0 Å². The maximum absolute atomic E-state index is 4.38. The number of benzene rings is 1. The molecular formula is C13H14BrNS2. The molecule has 0 N–H and O–H groups in total. The van der Waals surface area contributed by atoms with Gasteiger partial charge in [0.15, 0.2) is 4.34 Å². The quantitative estimate of drug-likeness (QED) is 0.736. The molecule has 1 aromatic heterocycles. The minimum atomic E-state index is 0.216. The summed E-state index contributed by atoms with van der Waals surface area (Å²) in [5.41, 5.74) is 1.58. The van der Waals surface area contributed by atoms with Crippen LogP contribution in [-0.2, 0) is 5.41 Å². The monoisotopic (exact) mass is 327 g/mol. The molecule has 0 saturated carbocycles. The van der Waals surface area contributed by atoms with Gasteiger partial charge in [0.25, 0.3) is 0 Å². The SMILES string of the molecule is CC(C)(C)c1ccc(Sc2nc(Br)cs2)cc1. The van der Waals surface area contributed by atoms with Gasteiger partial charge in [-0.1, -0.05) is 44.7 Å². The lowest BCUT2D eigenvalue weighted by Gasteiger charge is -2.18. The third-order valence-electron chi connectivity index (χ3n) is 2.38. The number of thiazole rings is 1. The fourth-order valence-electron chi connectivity index (χ4n) is 1.41. The Labute approximate surface area is 119 Å². The average molecular weight is 328 g/mol. The summed E-state index contributed by atoms with van der Waals surface area (Å²) >= 11 is 6.73. The van der Waals surface area contributed by atoms with Crippen molar-refractivity contribution >= 4 is 39.0 Å². The first-order valence-electron chi connectivity index (χ1n) is 5.34. The normalized spacial score (nSPS) is 11.8. The van der Waals surface area contributed by atoms with E-state index >= 15 is 0 Å². The fraction of sp³-hybridized carbons (Fsp3) is 0.308. The topological polar surface area (TPSA) is 12.9 Å². The molecule has 0 aliphatic carbocycles. The minimum Gasteiger partial charge on any atom is -0.222 e. The summed E-state index contributed by atoms with van der Waals surface area (Å²) in [6.45, 7) is 6.69. The Morgan fingerprint density at radius 1 is 1.18 bits per heavy atom. The Bertz CT molecular complexity index is 497. The van der Waals surface area contributed by atoms with Gasteiger partial charge in [-0.2, -0.15) is 0 Å². The summed E-state index contributed by atoms with van der Waals surface area (Å²) in [6.07, 6.45) is 0. The molecule has 17 heavy (non-hydrogen) atoms. The van der Waals surface area contributed by atoms with Crippen LogP contribution in [-0.4, -0.2) is 4.98 Å². The van der Waals surface area contributed by atoms with E-state index in [0.717, 1.165) is 8.94 Å². The van der Waals surface area contributed by atoms with Crippen LogP contribution in [0.5, 0.6) is 0 Å². The molecule has 0 aliphatic heterocycles. The second-order valence-corrected chi connectivity index (χ2v) is 7.80.